The number of likely N-dealkylation sites (N-methyl/N-ethyl adjacent to an activating group) is 1. The SMILES string of the molecule is CCNC(Cc1nnn(C)n1)c1nn(C)c2ccccc12. The van der Waals surface area contributed by atoms with Gasteiger partial charge in [-0.1, -0.05) is 25.1 Å². The third-order valence-corrected chi connectivity index (χ3v) is 3.50. The van der Waals surface area contributed by atoms with Gasteiger partial charge in [0, 0.05) is 18.9 Å². The monoisotopic (exact) mass is 285 g/mol. The highest BCUT2D eigenvalue weighted by Crippen LogP contribution is 2.24. The van der Waals surface area contributed by atoms with E-state index < -0.39 is 0 Å². The molecule has 0 amide bonds. The lowest BCUT2D eigenvalue weighted by Gasteiger charge is -2.14. The molecule has 7 nitrogen and oxygen atoms in total. The Kier molecular flexibility index (Phi) is 3.66. The molecule has 0 radical (unpaired) electrons. The summed E-state index contributed by atoms with van der Waals surface area (Å²) in [6.07, 6.45) is 0.669. The molecule has 2 aromatic heterocycles. The highest BCUT2D eigenvalue weighted by atomic mass is 15.6. The molecule has 1 unspecified atom stereocenters. The molecule has 0 aliphatic carbocycles. The second kappa shape index (κ2) is 5.61. The zero-order chi connectivity index (χ0) is 14.8. The summed E-state index contributed by atoms with van der Waals surface area (Å²) in [6, 6.07) is 8.32. The maximum absolute atomic E-state index is 4.68. The van der Waals surface area contributed by atoms with E-state index in [0.29, 0.717) is 6.42 Å². The first-order valence-electron chi connectivity index (χ1n) is 7.07. The number of rotatable bonds is 5. The average molecular weight is 285 g/mol. The average Bonchev–Trinajstić information content (AvgIpc) is 3.03. The smallest absolute Gasteiger partial charge is 0.176 e. The van der Waals surface area contributed by atoms with Crippen LogP contribution in [-0.4, -0.2) is 36.5 Å². The van der Waals surface area contributed by atoms with Crippen molar-refractivity contribution in [3.63, 3.8) is 0 Å². The van der Waals surface area contributed by atoms with Gasteiger partial charge in [0.05, 0.1) is 24.3 Å². The molecule has 7 heteroatoms. The molecule has 0 saturated carbocycles. The normalized spacial score (nSPS) is 12.9. The molecular formula is C14H19N7. The predicted octanol–water partition coefficient (Wildman–Crippen LogP) is 0.990. The lowest BCUT2D eigenvalue weighted by atomic mass is 10.1. The third kappa shape index (κ3) is 2.64. The number of para-hydroxylation sites is 1. The summed E-state index contributed by atoms with van der Waals surface area (Å²) in [4.78, 5) is 1.48. The fourth-order valence-corrected chi connectivity index (χ4v) is 2.60. The first-order valence-corrected chi connectivity index (χ1v) is 7.07. The Labute approximate surface area is 123 Å². The highest BCUT2D eigenvalue weighted by Gasteiger charge is 2.20. The second-order valence-electron chi connectivity index (χ2n) is 5.04. The van der Waals surface area contributed by atoms with Crippen molar-refractivity contribution in [3.8, 4) is 0 Å². The molecule has 21 heavy (non-hydrogen) atoms. The minimum Gasteiger partial charge on any atom is -0.308 e. The van der Waals surface area contributed by atoms with E-state index in [9.17, 15) is 0 Å². The van der Waals surface area contributed by atoms with Crippen molar-refractivity contribution in [2.24, 2.45) is 14.1 Å². The molecule has 1 atom stereocenters. The molecule has 0 aliphatic heterocycles. The van der Waals surface area contributed by atoms with Crippen molar-refractivity contribution in [2.45, 2.75) is 19.4 Å². The molecule has 3 rings (SSSR count). The summed E-state index contributed by atoms with van der Waals surface area (Å²) in [7, 11) is 3.74. The van der Waals surface area contributed by atoms with Crippen LogP contribution in [0.2, 0.25) is 0 Å². The summed E-state index contributed by atoms with van der Waals surface area (Å²) < 4.78 is 1.92. The van der Waals surface area contributed by atoms with Gasteiger partial charge in [-0.05, 0) is 17.8 Å². The highest BCUT2D eigenvalue weighted by molar-refractivity contribution is 5.82. The number of benzene rings is 1. The summed E-state index contributed by atoms with van der Waals surface area (Å²) in [6.45, 7) is 2.94. The van der Waals surface area contributed by atoms with Gasteiger partial charge in [0.1, 0.15) is 0 Å². The molecular weight excluding hydrogens is 266 g/mol. The molecule has 2 heterocycles. The van der Waals surface area contributed by atoms with Crippen LogP contribution in [0, 0.1) is 0 Å². The van der Waals surface area contributed by atoms with Crippen molar-refractivity contribution in [3.05, 3.63) is 35.8 Å². The molecule has 0 bridgehead atoms. The van der Waals surface area contributed by atoms with Crippen LogP contribution in [0.1, 0.15) is 24.5 Å². The standard InChI is InChI=1S/C14H19N7/c1-4-15-11(9-13-16-19-21(3)17-13)14-10-7-5-6-8-12(10)20(2)18-14/h5-8,11,15H,4,9H2,1-3H3. The quantitative estimate of drug-likeness (QED) is 0.757. The first-order chi connectivity index (χ1) is 10.2. The summed E-state index contributed by atoms with van der Waals surface area (Å²) in [5.74, 6) is 0.721. The van der Waals surface area contributed by atoms with E-state index in [0.717, 1.165) is 29.0 Å². The van der Waals surface area contributed by atoms with E-state index in [1.807, 2.05) is 23.9 Å². The number of tetrazole rings is 1. The molecule has 0 fully saturated rings. The van der Waals surface area contributed by atoms with Gasteiger partial charge in [0.2, 0.25) is 0 Å². The largest absolute Gasteiger partial charge is 0.308 e. The van der Waals surface area contributed by atoms with Crippen molar-refractivity contribution >= 4 is 10.9 Å². The summed E-state index contributed by atoms with van der Waals surface area (Å²) >= 11 is 0. The minimum absolute atomic E-state index is 0.0744. The van der Waals surface area contributed by atoms with Crippen molar-refractivity contribution in [2.75, 3.05) is 6.54 Å². The molecule has 0 aliphatic rings. The van der Waals surface area contributed by atoms with E-state index in [1.54, 1.807) is 7.05 Å². The van der Waals surface area contributed by atoms with Crippen LogP contribution in [0.5, 0.6) is 0 Å². The Morgan fingerprint density at radius 2 is 2.00 bits per heavy atom. The molecule has 110 valence electrons. The minimum atomic E-state index is 0.0744. The van der Waals surface area contributed by atoms with Gasteiger partial charge in [-0.15, -0.1) is 10.2 Å². The van der Waals surface area contributed by atoms with Crippen LogP contribution in [0.3, 0.4) is 0 Å². The van der Waals surface area contributed by atoms with E-state index in [-0.39, 0.29) is 6.04 Å². The van der Waals surface area contributed by atoms with Crippen LogP contribution in [0.25, 0.3) is 10.9 Å². The number of aryl methyl sites for hydroxylation is 2. The second-order valence-corrected chi connectivity index (χ2v) is 5.04. The van der Waals surface area contributed by atoms with Crippen LogP contribution in [0.15, 0.2) is 24.3 Å². The van der Waals surface area contributed by atoms with Gasteiger partial charge in [-0.3, -0.25) is 4.68 Å². The number of hydrogen-bond donors (Lipinski definition) is 1. The van der Waals surface area contributed by atoms with Crippen LogP contribution in [-0.2, 0) is 20.5 Å². The predicted molar refractivity (Wildman–Crippen MR) is 79.6 cm³/mol. The molecule has 1 aromatic carbocycles. The number of aromatic nitrogens is 6. The Morgan fingerprint density at radius 3 is 2.71 bits per heavy atom. The van der Waals surface area contributed by atoms with Crippen LogP contribution in [0.4, 0.5) is 0 Å². The third-order valence-electron chi connectivity index (χ3n) is 3.50. The number of fused-ring (bicyclic) bond motifs is 1. The van der Waals surface area contributed by atoms with E-state index in [2.05, 4.69) is 44.9 Å². The molecule has 3 aromatic rings. The Morgan fingerprint density at radius 1 is 1.19 bits per heavy atom. The topological polar surface area (TPSA) is 73.5 Å². The molecule has 0 spiro atoms. The van der Waals surface area contributed by atoms with Crippen molar-refractivity contribution in [1.82, 2.24) is 35.3 Å². The lowest BCUT2D eigenvalue weighted by molar-refractivity contribution is 0.518. The number of nitrogens with one attached hydrogen (secondary N) is 1. The lowest BCUT2D eigenvalue weighted by Crippen LogP contribution is -2.24. The maximum atomic E-state index is 4.68. The number of hydrogen-bond acceptors (Lipinski definition) is 5. The Hall–Kier alpha value is -2.28. The van der Waals surface area contributed by atoms with Gasteiger partial charge >= 0.3 is 0 Å². The van der Waals surface area contributed by atoms with Crippen LogP contribution >= 0.6 is 0 Å². The summed E-state index contributed by atoms with van der Waals surface area (Å²) in [5, 5.41) is 21.5. The summed E-state index contributed by atoms with van der Waals surface area (Å²) in [5.41, 5.74) is 2.16. The van der Waals surface area contributed by atoms with Gasteiger partial charge in [0.15, 0.2) is 5.82 Å². The molecule has 0 saturated heterocycles. The van der Waals surface area contributed by atoms with Crippen molar-refractivity contribution in [1.29, 1.82) is 0 Å². The van der Waals surface area contributed by atoms with E-state index in [4.69, 9.17) is 0 Å². The van der Waals surface area contributed by atoms with Gasteiger partial charge in [-0.2, -0.15) is 9.90 Å². The van der Waals surface area contributed by atoms with Gasteiger partial charge in [0.25, 0.3) is 0 Å². The van der Waals surface area contributed by atoms with Gasteiger partial charge in [-0.25, -0.2) is 0 Å². The van der Waals surface area contributed by atoms with Gasteiger partial charge < -0.3 is 5.32 Å². The fraction of sp³-hybridized carbons (Fsp3) is 0.429. The zero-order valence-electron chi connectivity index (χ0n) is 12.5. The van der Waals surface area contributed by atoms with E-state index >= 15 is 0 Å². The first kappa shape index (κ1) is 13.7. The van der Waals surface area contributed by atoms with E-state index in [1.165, 1.54) is 4.80 Å². The van der Waals surface area contributed by atoms with Crippen molar-refractivity contribution < 1.29 is 0 Å². The Balaban J connectivity index is 1.99. The zero-order valence-corrected chi connectivity index (χ0v) is 12.5. The molecule has 1 N–H and O–H groups in total. The number of nitrogens with zero attached hydrogens (tertiary/aromatic N) is 6. The maximum Gasteiger partial charge on any atom is 0.176 e. The fourth-order valence-electron chi connectivity index (χ4n) is 2.60. The Bertz CT molecular complexity index is 743. The van der Waals surface area contributed by atoms with Crippen LogP contribution < -0.4 is 5.32 Å².